The van der Waals surface area contributed by atoms with Crippen LogP contribution in [0.5, 0.6) is 0 Å². The van der Waals surface area contributed by atoms with Crippen molar-refractivity contribution >= 4 is 28.1 Å². The second-order valence-corrected chi connectivity index (χ2v) is 7.73. The predicted octanol–water partition coefficient (Wildman–Crippen LogP) is 3.92. The molecule has 1 aromatic carbocycles. The fraction of sp³-hybridized carbons (Fsp3) is 0.400. The number of anilines is 2. The molecule has 0 aliphatic heterocycles. The number of hydrogen-bond acceptors (Lipinski definition) is 6. The number of rotatable bonds is 10. The monoisotopic (exact) mass is 387 g/mol. The number of carbonyl (C=O) groups is 1. The molecule has 1 heterocycles. The van der Waals surface area contributed by atoms with Gasteiger partial charge in [-0.25, -0.2) is 4.98 Å². The molecular weight excluding hydrogens is 358 g/mol. The third-order valence-corrected chi connectivity index (χ3v) is 5.22. The number of unbranched alkanes of at least 4 members (excludes halogenated alkanes) is 2. The van der Waals surface area contributed by atoms with Crippen molar-refractivity contribution in [2.24, 2.45) is 5.73 Å². The van der Waals surface area contributed by atoms with E-state index < -0.39 is 0 Å². The van der Waals surface area contributed by atoms with Gasteiger partial charge in [0.25, 0.3) is 5.91 Å². The van der Waals surface area contributed by atoms with E-state index in [0.717, 1.165) is 41.3 Å². The molecule has 0 atom stereocenters. The first-order chi connectivity index (χ1) is 12.9. The summed E-state index contributed by atoms with van der Waals surface area (Å²) in [5, 5.41) is 10.2. The average molecular weight is 388 g/mol. The van der Waals surface area contributed by atoms with Crippen LogP contribution >= 0.6 is 11.3 Å². The van der Waals surface area contributed by atoms with Gasteiger partial charge >= 0.3 is 0 Å². The lowest BCUT2D eigenvalue weighted by Gasteiger charge is -2.13. The van der Waals surface area contributed by atoms with E-state index in [-0.39, 0.29) is 5.91 Å². The molecule has 6 nitrogen and oxygen atoms in total. The minimum atomic E-state index is -0.0527. The van der Waals surface area contributed by atoms with Gasteiger partial charge in [0.1, 0.15) is 5.82 Å². The Morgan fingerprint density at radius 3 is 2.59 bits per heavy atom. The molecule has 1 amide bonds. The summed E-state index contributed by atoms with van der Waals surface area (Å²) < 4.78 is 0. The maximum absolute atomic E-state index is 12.2. The molecule has 27 heavy (non-hydrogen) atoms. The first kappa shape index (κ1) is 20.9. The number of thiazole rings is 1. The molecule has 0 aliphatic carbocycles. The Bertz CT molecular complexity index is 780. The Kier molecular flexibility index (Phi) is 7.82. The normalized spacial score (nSPS) is 10.5. The van der Waals surface area contributed by atoms with E-state index in [1.54, 1.807) is 11.3 Å². The minimum absolute atomic E-state index is 0.0527. The molecule has 2 rings (SSSR count). The first-order valence-electron chi connectivity index (χ1n) is 9.16. The van der Waals surface area contributed by atoms with Crippen molar-refractivity contribution in [3.05, 3.63) is 52.3 Å². The van der Waals surface area contributed by atoms with Crippen LogP contribution in [0.15, 0.2) is 30.6 Å². The van der Waals surface area contributed by atoms with E-state index in [2.05, 4.69) is 27.5 Å². The van der Waals surface area contributed by atoms with Gasteiger partial charge in [-0.15, -0.1) is 11.3 Å². The molecule has 146 valence electrons. The van der Waals surface area contributed by atoms with Crippen LogP contribution < -0.4 is 21.7 Å². The van der Waals surface area contributed by atoms with Crippen LogP contribution in [0.2, 0.25) is 0 Å². The van der Waals surface area contributed by atoms with Crippen LogP contribution in [0.1, 0.15) is 45.8 Å². The van der Waals surface area contributed by atoms with Crippen molar-refractivity contribution in [2.75, 3.05) is 23.7 Å². The number of hydrogen-bond donors (Lipinski definition) is 4. The highest BCUT2D eigenvalue weighted by molar-refractivity contribution is 7.15. The fourth-order valence-electron chi connectivity index (χ4n) is 2.54. The third kappa shape index (κ3) is 6.37. The summed E-state index contributed by atoms with van der Waals surface area (Å²) >= 11 is 1.59. The molecular formula is C20H29N5OS. The Labute approximate surface area is 165 Å². The second kappa shape index (κ2) is 10.1. The number of nitrogens with two attached hydrogens (primary N) is 1. The van der Waals surface area contributed by atoms with Crippen molar-refractivity contribution in [2.45, 2.75) is 40.0 Å². The van der Waals surface area contributed by atoms with Crippen molar-refractivity contribution in [1.82, 2.24) is 10.3 Å². The Hall–Kier alpha value is -2.38. The number of aryl methyl sites for hydroxylation is 3. The summed E-state index contributed by atoms with van der Waals surface area (Å²) in [6.45, 7) is 11.4. The first-order valence-corrected chi connectivity index (χ1v) is 9.98. The Morgan fingerprint density at radius 2 is 1.96 bits per heavy atom. The summed E-state index contributed by atoms with van der Waals surface area (Å²) in [4.78, 5) is 17.9. The zero-order valence-electron chi connectivity index (χ0n) is 16.3. The van der Waals surface area contributed by atoms with Gasteiger partial charge in [-0.1, -0.05) is 13.0 Å². The number of nitrogens with zero attached hydrogens (tertiary/aromatic N) is 1. The molecule has 0 aliphatic rings. The van der Waals surface area contributed by atoms with E-state index in [9.17, 15) is 4.79 Å². The predicted molar refractivity (Wildman–Crippen MR) is 114 cm³/mol. The van der Waals surface area contributed by atoms with Gasteiger partial charge in [0.05, 0.1) is 5.69 Å². The molecule has 0 fully saturated rings. The van der Waals surface area contributed by atoms with E-state index >= 15 is 0 Å². The summed E-state index contributed by atoms with van der Waals surface area (Å²) in [5.74, 6) is 0.590. The molecule has 0 bridgehead atoms. The van der Waals surface area contributed by atoms with Gasteiger partial charge in [0.2, 0.25) is 0 Å². The summed E-state index contributed by atoms with van der Waals surface area (Å²) in [7, 11) is 0. The molecule has 1 aromatic heterocycles. The average Bonchev–Trinajstić information content (AvgIpc) is 2.93. The molecule has 0 saturated heterocycles. The lowest BCUT2D eigenvalue weighted by atomic mass is 10.1. The van der Waals surface area contributed by atoms with Gasteiger partial charge in [0, 0.05) is 22.7 Å². The maximum Gasteiger partial charge on any atom is 0.251 e. The van der Waals surface area contributed by atoms with E-state index in [1.807, 2.05) is 39.0 Å². The standard InChI is InChI=1S/C20H29N5OS/c1-13-12-17(19(26)22-11-7-5-6-10-21)8-9-18(13)24-16(4)25-20-23-14(2)15(3)27-20/h8-9,12,24H,4-7,10-11,21H2,1-3H3,(H,22,26)(H,23,25). The maximum atomic E-state index is 12.2. The molecule has 0 radical (unpaired) electrons. The van der Waals surface area contributed by atoms with Crippen molar-refractivity contribution in [3.63, 3.8) is 0 Å². The minimum Gasteiger partial charge on any atom is -0.352 e. The fourth-order valence-corrected chi connectivity index (χ4v) is 3.38. The van der Waals surface area contributed by atoms with Crippen LogP contribution in [-0.2, 0) is 0 Å². The van der Waals surface area contributed by atoms with Crippen LogP contribution in [0, 0.1) is 20.8 Å². The number of benzene rings is 1. The summed E-state index contributed by atoms with van der Waals surface area (Å²) in [6.07, 6.45) is 2.97. The second-order valence-electron chi connectivity index (χ2n) is 6.52. The quantitative estimate of drug-likeness (QED) is 0.464. The largest absolute Gasteiger partial charge is 0.352 e. The van der Waals surface area contributed by atoms with Crippen molar-refractivity contribution in [3.8, 4) is 0 Å². The molecule has 2 aromatic rings. The number of amides is 1. The van der Waals surface area contributed by atoms with Crippen LogP contribution in [-0.4, -0.2) is 24.0 Å². The molecule has 7 heteroatoms. The molecule has 5 N–H and O–H groups in total. The SMILES string of the molecule is C=C(Nc1nc(C)c(C)s1)Nc1ccc(C(=O)NCCCCCN)cc1C. The van der Waals surface area contributed by atoms with E-state index in [1.165, 1.54) is 4.88 Å². The van der Waals surface area contributed by atoms with Gasteiger partial charge in [-0.3, -0.25) is 4.79 Å². The van der Waals surface area contributed by atoms with E-state index in [4.69, 9.17) is 5.73 Å². The number of aromatic nitrogens is 1. The van der Waals surface area contributed by atoms with Gasteiger partial charge < -0.3 is 21.7 Å². The highest BCUT2D eigenvalue weighted by atomic mass is 32.1. The molecule has 0 saturated carbocycles. The summed E-state index contributed by atoms with van der Waals surface area (Å²) in [6, 6.07) is 5.59. The van der Waals surface area contributed by atoms with Crippen molar-refractivity contribution in [1.29, 1.82) is 0 Å². The van der Waals surface area contributed by atoms with Gasteiger partial charge in [-0.05, 0) is 63.9 Å². The van der Waals surface area contributed by atoms with Crippen LogP contribution in [0.4, 0.5) is 10.8 Å². The van der Waals surface area contributed by atoms with E-state index in [0.29, 0.717) is 24.5 Å². The van der Waals surface area contributed by atoms with Crippen LogP contribution in [0.3, 0.4) is 0 Å². The Morgan fingerprint density at radius 1 is 1.19 bits per heavy atom. The number of carbonyl (C=O) groups excluding carboxylic acids is 1. The van der Waals surface area contributed by atoms with Crippen LogP contribution in [0.25, 0.3) is 0 Å². The zero-order valence-corrected chi connectivity index (χ0v) is 17.1. The third-order valence-electron chi connectivity index (χ3n) is 4.23. The highest BCUT2D eigenvalue weighted by Gasteiger charge is 2.09. The topological polar surface area (TPSA) is 92.1 Å². The highest BCUT2D eigenvalue weighted by Crippen LogP contribution is 2.23. The molecule has 0 unspecified atom stereocenters. The smallest absolute Gasteiger partial charge is 0.251 e. The Balaban J connectivity index is 1.89. The molecule has 0 spiro atoms. The van der Waals surface area contributed by atoms with Crippen molar-refractivity contribution < 1.29 is 4.79 Å². The lowest BCUT2D eigenvalue weighted by molar-refractivity contribution is 0.0953. The zero-order chi connectivity index (χ0) is 19.8. The summed E-state index contributed by atoms with van der Waals surface area (Å²) in [5.41, 5.74) is 9.02. The lowest BCUT2D eigenvalue weighted by Crippen LogP contribution is -2.24. The van der Waals surface area contributed by atoms with Gasteiger partial charge in [-0.2, -0.15) is 0 Å². The van der Waals surface area contributed by atoms with Gasteiger partial charge in [0.15, 0.2) is 5.13 Å². The number of nitrogens with one attached hydrogen (secondary N) is 3.